The highest BCUT2D eigenvalue weighted by atomic mass is 35.5. The summed E-state index contributed by atoms with van der Waals surface area (Å²) in [7, 11) is 0. The second-order valence-corrected chi connectivity index (χ2v) is 6.84. The first-order valence-corrected chi connectivity index (χ1v) is 8.68. The van der Waals surface area contributed by atoms with Gasteiger partial charge in [0.2, 0.25) is 0 Å². The molecule has 1 atom stereocenters. The normalized spacial score (nSPS) is 16.5. The molecule has 134 valence electrons. The van der Waals surface area contributed by atoms with Crippen LogP contribution in [0.5, 0.6) is 0 Å². The van der Waals surface area contributed by atoms with Crippen molar-refractivity contribution in [3.8, 4) is 0 Å². The lowest BCUT2D eigenvalue weighted by atomic mass is 9.92. The van der Waals surface area contributed by atoms with E-state index < -0.39 is 0 Å². The van der Waals surface area contributed by atoms with Gasteiger partial charge in [0, 0.05) is 32.2 Å². The van der Waals surface area contributed by atoms with Crippen LogP contribution in [0.2, 0.25) is 0 Å². The summed E-state index contributed by atoms with van der Waals surface area (Å²) in [5.41, 5.74) is 1.51. The van der Waals surface area contributed by atoms with E-state index in [1.165, 1.54) is 29.2 Å². The smallest absolute Gasteiger partial charge is 0.0355 e. The fourth-order valence-corrected chi connectivity index (χ4v) is 3.56. The minimum atomic E-state index is 0. The highest BCUT2D eigenvalue weighted by Crippen LogP contribution is 2.32. The predicted molar refractivity (Wildman–Crippen MR) is 110 cm³/mol. The standard InChI is InChI=1S/C20H28N2.2ClH/c1-16(2)10-11-20(22-14-12-21-13-15-22)19-9-5-7-17-6-3-4-8-18(17)19;;/h3-9,16,20-21H,10-15H2,1-2H3;2*1H/t20-;;/m1../s1. The van der Waals surface area contributed by atoms with Gasteiger partial charge in [-0.2, -0.15) is 0 Å². The van der Waals surface area contributed by atoms with Crippen molar-refractivity contribution in [2.75, 3.05) is 26.2 Å². The Bertz CT molecular complexity index is 604. The van der Waals surface area contributed by atoms with E-state index in [-0.39, 0.29) is 24.8 Å². The molecule has 1 aliphatic heterocycles. The molecule has 0 aromatic heterocycles. The van der Waals surface area contributed by atoms with Gasteiger partial charge in [-0.25, -0.2) is 0 Å². The maximum absolute atomic E-state index is 3.48. The monoisotopic (exact) mass is 368 g/mol. The van der Waals surface area contributed by atoms with Gasteiger partial charge in [0.25, 0.3) is 0 Å². The van der Waals surface area contributed by atoms with Crippen LogP contribution >= 0.6 is 24.8 Å². The predicted octanol–water partition coefficient (Wildman–Crippen LogP) is 5.07. The summed E-state index contributed by atoms with van der Waals surface area (Å²) in [6.07, 6.45) is 2.55. The zero-order chi connectivity index (χ0) is 15.4. The van der Waals surface area contributed by atoms with Crippen molar-refractivity contribution in [1.82, 2.24) is 10.2 Å². The Morgan fingerprint density at radius 3 is 2.29 bits per heavy atom. The molecule has 2 aromatic rings. The molecule has 1 saturated heterocycles. The fourth-order valence-electron chi connectivity index (χ4n) is 3.56. The Hall–Kier alpha value is -0.800. The van der Waals surface area contributed by atoms with Gasteiger partial charge in [0.05, 0.1) is 0 Å². The second-order valence-electron chi connectivity index (χ2n) is 6.84. The highest BCUT2D eigenvalue weighted by Gasteiger charge is 2.23. The Morgan fingerprint density at radius 2 is 1.58 bits per heavy atom. The van der Waals surface area contributed by atoms with Crippen LogP contribution in [0.25, 0.3) is 10.8 Å². The third-order valence-corrected chi connectivity index (χ3v) is 4.79. The molecule has 1 heterocycles. The zero-order valence-electron chi connectivity index (χ0n) is 14.7. The number of nitrogens with zero attached hydrogens (tertiary/aromatic N) is 1. The van der Waals surface area contributed by atoms with Gasteiger partial charge in [0.15, 0.2) is 0 Å². The lowest BCUT2D eigenvalue weighted by Gasteiger charge is -2.36. The molecule has 3 rings (SSSR count). The molecule has 0 aliphatic carbocycles. The van der Waals surface area contributed by atoms with Gasteiger partial charge in [-0.3, -0.25) is 4.90 Å². The SMILES string of the molecule is CC(C)CC[C@H](c1cccc2ccccc12)N1CCNCC1.Cl.Cl. The molecule has 0 amide bonds. The van der Waals surface area contributed by atoms with Gasteiger partial charge in [-0.15, -0.1) is 24.8 Å². The molecule has 1 N–H and O–H groups in total. The van der Waals surface area contributed by atoms with E-state index in [1.54, 1.807) is 0 Å². The molecule has 24 heavy (non-hydrogen) atoms. The molecule has 2 aromatic carbocycles. The number of piperazine rings is 1. The number of nitrogens with one attached hydrogen (secondary N) is 1. The molecular formula is C20H30Cl2N2. The Balaban J connectivity index is 0.00000144. The molecule has 4 heteroatoms. The zero-order valence-corrected chi connectivity index (χ0v) is 16.3. The van der Waals surface area contributed by atoms with E-state index in [0.29, 0.717) is 6.04 Å². The minimum Gasteiger partial charge on any atom is -0.314 e. The first-order valence-electron chi connectivity index (χ1n) is 8.68. The summed E-state index contributed by atoms with van der Waals surface area (Å²) < 4.78 is 0. The van der Waals surface area contributed by atoms with Crippen molar-refractivity contribution >= 4 is 35.6 Å². The number of rotatable bonds is 5. The van der Waals surface area contributed by atoms with E-state index in [9.17, 15) is 0 Å². The minimum absolute atomic E-state index is 0. The lowest BCUT2D eigenvalue weighted by molar-refractivity contribution is 0.161. The molecule has 1 aliphatic rings. The molecule has 1 fully saturated rings. The summed E-state index contributed by atoms with van der Waals surface area (Å²) in [4.78, 5) is 2.68. The Kier molecular flexibility index (Phi) is 9.07. The average Bonchev–Trinajstić information content (AvgIpc) is 2.56. The van der Waals surface area contributed by atoms with Crippen molar-refractivity contribution in [1.29, 1.82) is 0 Å². The third-order valence-electron chi connectivity index (χ3n) is 4.79. The topological polar surface area (TPSA) is 15.3 Å². The Morgan fingerprint density at radius 1 is 0.917 bits per heavy atom. The van der Waals surface area contributed by atoms with E-state index >= 15 is 0 Å². The van der Waals surface area contributed by atoms with Gasteiger partial charge < -0.3 is 5.32 Å². The van der Waals surface area contributed by atoms with Crippen LogP contribution in [0.1, 0.15) is 38.3 Å². The van der Waals surface area contributed by atoms with Crippen molar-refractivity contribution in [3.05, 3.63) is 48.0 Å². The molecular weight excluding hydrogens is 339 g/mol. The van der Waals surface area contributed by atoms with Crippen LogP contribution in [0.15, 0.2) is 42.5 Å². The summed E-state index contributed by atoms with van der Waals surface area (Å²) in [6.45, 7) is 9.21. The van der Waals surface area contributed by atoms with Crippen LogP contribution < -0.4 is 5.32 Å². The lowest BCUT2D eigenvalue weighted by Crippen LogP contribution is -2.45. The molecule has 0 unspecified atom stereocenters. The maximum Gasteiger partial charge on any atom is 0.0355 e. The number of fused-ring (bicyclic) bond motifs is 1. The molecule has 0 spiro atoms. The van der Waals surface area contributed by atoms with Crippen LogP contribution in [-0.4, -0.2) is 31.1 Å². The summed E-state index contributed by atoms with van der Waals surface area (Å²) in [6, 6.07) is 16.2. The highest BCUT2D eigenvalue weighted by molar-refractivity contribution is 5.86. The first-order chi connectivity index (χ1) is 10.8. The second kappa shape index (κ2) is 10.2. The fraction of sp³-hybridized carbons (Fsp3) is 0.500. The van der Waals surface area contributed by atoms with E-state index in [0.717, 1.165) is 32.1 Å². The van der Waals surface area contributed by atoms with Gasteiger partial charge in [-0.1, -0.05) is 56.3 Å². The van der Waals surface area contributed by atoms with Crippen LogP contribution in [0.3, 0.4) is 0 Å². The van der Waals surface area contributed by atoms with Crippen LogP contribution in [0.4, 0.5) is 0 Å². The van der Waals surface area contributed by atoms with Crippen molar-refractivity contribution < 1.29 is 0 Å². The number of hydrogen-bond donors (Lipinski definition) is 1. The molecule has 2 nitrogen and oxygen atoms in total. The van der Waals surface area contributed by atoms with Crippen LogP contribution in [0, 0.1) is 5.92 Å². The van der Waals surface area contributed by atoms with Crippen molar-refractivity contribution in [3.63, 3.8) is 0 Å². The van der Waals surface area contributed by atoms with Gasteiger partial charge in [0.1, 0.15) is 0 Å². The summed E-state index contributed by atoms with van der Waals surface area (Å²) in [5, 5.41) is 6.27. The first kappa shape index (κ1) is 21.2. The van der Waals surface area contributed by atoms with E-state index in [4.69, 9.17) is 0 Å². The number of hydrogen-bond acceptors (Lipinski definition) is 2. The third kappa shape index (κ3) is 5.10. The van der Waals surface area contributed by atoms with Crippen LogP contribution in [-0.2, 0) is 0 Å². The maximum atomic E-state index is 3.48. The van der Waals surface area contributed by atoms with Gasteiger partial charge >= 0.3 is 0 Å². The Labute approximate surface area is 158 Å². The largest absolute Gasteiger partial charge is 0.314 e. The molecule has 0 saturated carbocycles. The van der Waals surface area contributed by atoms with Crippen molar-refractivity contribution in [2.45, 2.75) is 32.7 Å². The van der Waals surface area contributed by atoms with E-state index in [1.807, 2.05) is 0 Å². The van der Waals surface area contributed by atoms with E-state index in [2.05, 4.69) is 66.5 Å². The quantitative estimate of drug-likeness (QED) is 0.792. The van der Waals surface area contributed by atoms with Gasteiger partial charge in [-0.05, 0) is 35.1 Å². The molecule has 0 radical (unpaired) electrons. The average molecular weight is 369 g/mol. The number of halogens is 2. The summed E-state index contributed by atoms with van der Waals surface area (Å²) in [5.74, 6) is 0.764. The number of benzene rings is 2. The summed E-state index contributed by atoms with van der Waals surface area (Å²) >= 11 is 0. The molecule has 0 bridgehead atoms. The van der Waals surface area contributed by atoms with Crippen molar-refractivity contribution in [2.24, 2.45) is 5.92 Å².